The molecule has 0 bridgehead atoms. The van der Waals surface area contributed by atoms with E-state index in [1.165, 1.54) is 12.1 Å². The van der Waals surface area contributed by atoms with Gasteiger partial charge in [0, 0.05) is 6.54 Å². The molecule has 1 aromatic rings. The van der Waals surface area contributed by atoms with E-state index in [4.69, 9.17) is 9.57 Å². The van der Waals surface area contributed by atoms with Gasteiger partial charge in [-0.2, -0.15) is 0 Å². The number of ether oxygens (including phenoxy) is 1. The first-order valence-electron chi connectivity index (χ1n) is 7.47. The fourth-order valence-corrected chi connectivity index (χ4v) is 2.82. The zero-order valence-electron chi connectivity index (χ0n) is 13.0. The summed E-state index contributed by atoms with van der Waals surface area (Å²) in [4.78, 5) is 43.5. The summed E-state index contributed by atoms with van der Waals surface area (Å²) in [5.41, 5.74) is 0.478. The number of carbonyl (C=O) groups is 3. The predicted molar refractivity (Wildman–Crippen MR) is 79.5 cm³/mol. The normalized spacial score (nSPS) is 23.5. The molecule has 2 heterocycles. The molecule has 7 nitrogen and oxygen atoms in total. The topological polar surface area (TPSA) is 76.2 Å². The van der Waals surface area contributed by atoms with Crippen LogP contribution in [0.2, 0.25) is 0 Å². The minimum Gasteiger partial charge on any atom is -0.362 e. The Balaban J connectivity index is 1.64. The summed E-state index contributed by atoms with van der Waals surface area (Å²) < 4.78 is 5.63. The number of hydroxylamine groups is 2. The molecule has 0 unspecified atom stereocenters. The van der Waals surface area contributed by atoms with E-state index < -0.39 is 23.9 Å². The van der Waals surface area contributed by atoms with Gasteiger partial charge in [0.05, 0.1) is 17.2 Å². The molecule has 122 valence electrons. The molecule has 1 fully saturated rings. The van der Waals surface area contributed by atoms with Crippen molar-refractivity contribution in [1.82, 2.24) is 9.96 Å². The number of rotatable bonds is 4. The van der Waals surface area contributed by atoms with Crippen molar-refractivity contribution < 1.29 is 24.0 Å². The lowest BCUT2D eigenvalue weighted by atomic mass is 10.1. The van der Waals surface area contributed by atoms with Gasteiger partial charge in [-0.05, 0) is 39.1 Å². The van der Waals surface area contributed by atoms with Gasteiger partial charge in [-0.15, -0.1) is 0 Å². The monoisotopic (exact) mass is 318 g/mol. The van der Waals surface area contributed by atoms with Crippen LogP contribution in [-0.4, -0.2) is 60.6 Å². The van der Waals surface area contributed by atoms with Gasteiger partial charge in [0.15, 0.2) is 6.10 Å². The van der Waals surface area contributed by atoms with E-state index in [1.807, 2.05) is 19.0 Å². The fourth-order valence-electron chi connectivity index (χ4n) is 2.82. The standard InChI is InChI=1S/C16H18N2O5/c1-17(2)9-10-7-8-13(22-10)16(21)23-18-14(19)11-5-3-4-6-12(11)15(18)20/h3-6,10,13H,7-9H2,1-2H3/t10-,13+/m0/s1. The Morgan fingerprint density at radius 2 is 1.83 bits per heavy atom. The third-order valence-electron chi connectivity index (χ3n) is 3.88. The van der Waals surface area contributed by atoms with E-state index in [1.54, 1.807) is 12.1 Å². The second-order valence-electron chi connectivity index (χ2n) is 5.95. The predicted octanol–water partition coefficient (Wildman–Crippen LogP) is 0.850. The highest BCUT2D eigenvalue weighted by atomic mass is 16.7. The molecule has 1 aromatic carbocycles. The summed E-state index contributed by atoms with van der Waals surface area (Å²) in [5, 5.41) is 0.523. The van der Waals surface area contributed by atoms with Crippen LogP contribution in [-0.2, 0) is 14.4 Å². The SMILES string of the molecule is CN(C)C[C@@H]1CC[C@H](C(=O)ON2C(=O)c3ccccc3C2=O)O1. The summed E-state index contributed by atoms with van der Waals surface area (Å²) in [7, 11) is 3.85. The highest BCUT2D eigenvalue weighted by Crippen LogP contribution is 2.25. The van der Waals surface area contributed by atoms with Gasteiger partial charge in [-0.25, -0.2) is 4.79 Å². The van der Waals surface area contributed by atoms with E-state index in [9.17, 15) is 14.4 Å². The minimum absolute atomic E-state index is 0.0512. The molecule has 2 aliphatic heterocycles. The Bertz CT molecular complexity index is 623. The van der Waals surface area contributed by atoms with Gasteiger partial charge < -0.3 is 14.5 Å². The quantitative estimate of drug-likeness (QED) is 0.766. The second kappa shape index (κ2) is 6.10. The molecule has 7 heteroatoms. The van der Waals surface area contributed by atoms with Crippen LogP contribution in [0.3, 0.4) is 0 Å². The highest BCUT2D eigenvalue weighted by Gasteiger charge is 2.41. The van der Waals surface area contributed by atoms with Crippen LogP contribution in [0.15, 0.2) is 24.3 Å². The minimum atomic E-state index is -0.746. The molecule has 23 heavy (non-hydrogen) atoms. The fraction of sp³-hybridized carbons (Fsp3) is 0.438. The summed E-state index contributed by atoms with van der Waals surface area (Å²) in [5.74, 6) is -1.95. The number of imide groups is 1. The summed E-state index contributed by atoms with van der Waals surface area (Å²) in [6.45, 7) is 0.705. The maximum atomic E-state index is 12.2. The van der Waals surface area contributed by atoms with Gasteiger partial charge in [0.2, 0.25) is 0 Å². The molecular weight excluding hydrogens is 300 g/mol. The number of amides is 2. The zero-order chi connectivity index (χ0) is 16.6. The maximum absolute atomic E-state index is 12.2. The van der Waals surface area contributed by atoms with Crippen molar-refractivity contribution in [2.24, 2.45) is 0 Å². The van der Waals surface area contributed by atoms with Crippen molar-refractivity contribution in [1.29, 1.82) is 0 Å². The lowest BCUT2D eigenvalue weighted by Gasteiger charge is -2.18. The molecular formula is C16H18N2O5. The third-order valence-corrected chi connectivity index (χ3v) is 3.88. The first-order valence-corrected chi connectivity index (χ1v) is 7.47. The van der Waals surface area contributed by atoms with Crippen LogP contribution in [0.1, 0.15) is 33.6 Å². The Morgan fingerprint density at radius 3 is 2.39 bits per heavy atom. The van der Waals surface area contributed by atoms with Crippen molar-refractivity contribution in [2.75, 3.05) is 20.6 Å². The molecule has 2 amide bonds. The Kier molecular flexibility index (Phi) is 4.14. The van der Waals surface area contributed by atoms with Crippen LogP contribution >= 0.6 is 0 Å². The van der Waals surface area contributed by atoms with E-state index >= 15 is 0 Å². The molecule has 0 aromatic heterocycles. The molecule has 3 rings (SSSR count). The average molecular weight is 318 g/mol. The summed E-state index contributed by atoms with van der Waals surface area (Å²) in [6, 6.07) is 6.37. The van der Waals surface area contributed by atoms with Crippen molar-refractivity contribution >= 4 is 17.8 Å². The van der Waals surface area contributed by atoms with Gasteiger partial charge in [-0.1, -0.05) is 17.2 Å². The van der Waals surface area contributed by atoms with E-state index in [0.717, 1.165) is 6.42 Å². The van der Waals surface area contributed by atoms with Crippen molar-refractivity contribution in [2.45, 2.75) is 25.0 Å². The number of hydrogen-bond donors (Lipinski definition) is 0. The third kappa shape index (κ3) is 2.97. The number of nitrogens with zero attached hydrogens (tertiary/aromatic N) is 2. The molecule has 0 N–H and O–H groups in total. The van der Waals surface area contributed by atoms with Crippen molar-refractivity contribution in [3.63, 3.8) is 0 Å². The Hall–Kier alpha value is -2.25. The zero-order valence-corrected chi connectivity index (χ0v) is 13.0. The van der Waals surface area contributed by atoms with Crippen LogP contribution in [0.4, 0.5) is 0 Å². The van der Waals surface area contributed by atoms with E-state index in [2.05, 4.69) is 0 Å². The number of fused-ring (bicyclic) bond motifs is 1. The van der Waals surface area contributed by atoms with Crippen molar-refractivity contribution in [3.8, 4) is 0 Å². The Morgan fingerprint density at radius 1 is 1.22 bits per heavy atom. The smallest absolute Gasteiger partial charge is 0.361 e. The molecule has 2 aliphatic rings. The first kappa shape index (κ1) is 15.6. The van der Waals surface area contributed by atoms with E-state index in [-0.39, 0.29) is 17.2 Å². The largest absolute Gasteiger partial charge is 0.362 e. The number of carbonyl (C=O) groups excluding carboxylic acids is 3. The van der Waals surface area contributed by atoms with Gasteiger partial charge in [0.1, 0.15) is 0 Å². The molecule has 1 saturated heterocycles. The summed E-state index contributed by atoms with van der Waals surface area (Å²) in [6.07, 6.45) is 0.453. The molecule has 0 spiro atoms. The van der Waals surface area contributed by atoms with Crippen molar-refractivity contribution in [3.05, 3.63) is 35.4 Å². The van der Waals surface area contributed by atoms with Crippen LogP contribution < -0.4 is 0 Å². The van der Waals surface area contributed by atoms with Gasteiger partial charge >= 0.3 is 5.97 Å². The molecule has 0 radical (unpaired) electrons. The summed E-state index contributed by atoms with van der Waals surface area (Å²) >= 11 is 0. The number of likely N-dealkylation sites (N-methyl/N-ethyl adjacent to an activating group) is 1. The number of benzene rings is 1. The van der Waals surface area contributed by atoms with E-state index in [0.29, 0.717) is 18.0 Å². The van der Waals surface area contributed by atoms with Crippen LogP contribution in [0, 0.1) is 0 Å². The Labute approximate surface area is 133 Å². The van der Waals surface area contributed by atoms with Crippen LogP contribution in [0.25, 0.3) is 0 Å². The molecule has 0 saturated carbocycles. The first-order chi connectivity index (χ1) is 11.0. The highest BCUT2D eigenvalue weighted by molar-refractivity contribution is 6.20. The molecule has 0 aliphatic carbocycles. The average Bonchev–Trinajstić information content (AvgIpc) is 3.06. The second-order valence-corrected chi connectivity index (χ2v) is 5.95. The lowest BCUT2D eigenvalue weighted by molar-refractivity contribution is -0.181. The van der Waals surface area contributed by atoms with Gasteiger partial charge in [0.25, 0.3) is 11.8 Å². The number of hydrogen-bond acceptors (Lipinski definition) is 6. The maximum Gasteiger partial charge on any atom is 0.361 e. The van der Waals surface area contributed by atoms with Crippen LogP contribution in [0.5, 0.6) is 0 Å². The molecule has 2 atom stereocenters. The van der Waals surface area contributed by atoms with Gasteiger partial charge in [-0.3, -0.25) is 9.59 Å². The lowest BCUT2D eigenvalue weighted by Crippen LogP contribution is -2.37.